The zero-order chi connectivity index (χ0) is 17.5. The van der Waals surface area contributed by atoms with E-state index in [1.165, 1.54) is 10.9 Å². The zero-order valence-electron chi connectivity index (χ0n) is 14.3. The first-order valence-electron chi connectivity index (χ1n) is 8.78. The van der Waals surface area contributed by atoms with E-state index in [0.717, 1.165) is 55.1 Å². The number of nitrogens with one attached hydrogen (secondary N) is 2. The van der Waals surface area contributed by atoms with E-state index in [4.69, 9.17) is 10.5 Å². The number of ether oxygens (including phenoxy) is 1. The number of imidazole rings is 1. The third-order valence-corrected chi connectivity index (χ3v) is 4.90. The van der Waals surface area contributed by atoms with E-state index in [9.17, 15) is 0 Å². The van der Waals surface area contributed by atoms with Crippen LogP contribution in [0.2, 0.25) is 0 Å². The lowest BCUT2D eigenvalue weighted by Crippen LogP contribution is -2.35. The normalized spacial score (nSPS) is 15.8. The first-order valence-corrected chi connectivity index (χ1v) is 8.78. The largest absolute Gasteiger partial charge is 0.384 e. The predicted octanol–water partition coefficient (Wildman–Crippen LogP) is 2.52. The van der Waals surface area contributed by atoms with Gasteiger partial charge in [0.1, 0.15) is 5.82 Å². The zero-order valence-corrected chi connectivity index (χ0v) is 14.3. The molecule has 1 aromatic carbocycles. The average Bonchev–Trinajstić information content (AvgIpc) is 3.28. The van der Waals surface area contributed by atoms with Gasteiger partial charge < -0.3 is 20.4 Å². The molecule has 7 nitrogen and oxygen atoms in total. The highest BCUT2D eigenvalue weighted by molar-refractivity contribution is 5.95. The molecule has 1 fully saturated rings. The minimum Gasteiger partial charge on any atom is -0.384 e. The summed E-state index contributed by atoms with van der Waals surface area (Å²) in [6.45, 7) is 4.57. The fourth-order valence-electron chi connectivity index (χ4n) is 3.60. The van der Waals surface area contributed by atoms with Crippen molar-refractivity contribution in [3.8, 4) is 11.3 Å². The van der Waals surface area contributed by atoms with Gasteiger partial charge in [0.05, 0.1) is 25.1 Å². The lowest BCUT2D eigenvalue weighted by Gasteiger charge is -2.26. The number of pyridine rings is 1. The minimum atomic E-state index is 0.464. The second kappa shape index (κ2) is 6.12. The molecule has 0 radical (unpaired) electrons. The second-order valence-electron chi connectivity index (χ2n) is 6.69. The van der Waals surface area contributed by atoms with Crippen molar-refractivity contribution < 1.29 is 4.74 Å². The van der Waals surface area contributed by atoms with Crippen molar-refractivity contribution in [2.24, 2.45) is 0 Å². The van der Waals surface area contributed by atoms with E-state index < -0.39 is 0 Å². The van der Waals surface area contributed by atoms with Crippen molar-refractivity contribution in [3.63, 3.8) is 0 Å². The van der Waals surface area contributed by atoms with Gasteiger partial charge in [0, 0.05) is 41.8 Å². The van der Waals surface area contributed by atoms with Crippen molar-refractivity contribution in [1.29, 1.82) is 0 Å². The van der Waals surface area contributed by atoms with E-state index in [-0.39, 0.29) is 0 Å². The smallest absolute Gasteiger partial charge is 0.180 e. The quantitative estimate of drug-likeness (QED) is 0.529. The van der Waals surface area contributed by atoms with Crippen LogP contribution >= 0.6 is 0 Å². The van der Waals surface area contributed by atoms with Gasteiger partial charge in [0.25, 0.3) is 0 Å². The van der Waals surface area contributed by atoms with Gasteiger partial charge in [-0.05, 0) is 29.8 Å². The number of H-pyrrole nitrogens is 2. The molecule has 0 aliphatic carbocycles. The van der Waals surface area contributed by atoms with Gasteiger partial charge in [-0.3, -0.25) is 4.90 Å². The van der Waals surface area contributed by atoms with Crippen LogP contribution in [-0.2, 0) is 11.3 Å². The van der Waals surface area contributed by atoms with Crippen molar-refractivity contribution in [1.82, 2.24) is 24.8 Å². The first kappa shape index (κ1) is 15.4. The number of aromatic amines is 2. The first-order chi connectivity index (χ1) is 12.8. The van der Waals surface area contributed by atoms with Crippen LogP contribution in [0.15, 0.2) is 36.7 Å². The van der Waals surface area contributed by atoms with Gasteiger partial charge in [-0.25, -0.2) is 9.97 Å². The number of hydrogen-bond acceptors (Lipinski definition) is 5. The molecular weight excluding hydrogens is 328 g/mol. The summed E-state index contributed by atoms with van der Waals surface area (Å²) in [6, 6.07) is 10.6. The number of anilines is 1. The van der Waals surface area contributed by atoms with Crippen LogP contribution in [0.25, 0.3) is 33.3 Å². The molecule has 4 aromatic rings. The topological polar surface area (TPSA) is 95.8 Å². The molecule has 3 aromatic heterocycles. The maximum absolute atomic E-state index is 5.95. The summed E-state index contributed by atoms with van der Waals surface area (Å²) in [6.07, 6.45) is 1.64. The number of nitrogen functional groups attached to an aromatic ring is 1. The van der Waals surface area contributed by atoms with Gasteiger partial charge in [-0.2, -0.15) is 0 Å². The number of morpholine rings is 1. The molecule has 0 amide bonds. The summed E-state index contributed by atoms with van der Waals surface area (Å²) in [5.74, 6) is 0.464. The molecule has 4 heterocycles. The van der Waals surface area contributed by atoms with E-state index in [1.807, 2.05) is 6.07 Å². The highest BCUT2D eigenvalue weighted by atomic mass is 16.5. The Morgan fingerprint density at radius 2 is 2.04 bits per heavy atom. The van der Waals surface area contributed by atoms with E-state index in [2.05, 4.69) is 49.1 Å². The molecule has 0 saturated carbocycles. The molecule has 1 saturated heterocycles. The van der Waals surface area contributed by atoms with Gasteiger partial charge in [-0.1, -0.05) is 6.07 Å². The Bertz CT molecular complexity index is 1080. The summed E-state index contributed by atoms with van der Waals surface area (Å²) < 4.78 is 5.43. The Kier molecular flexibility index (Phi) is 3.62. The molecule has 0 spiro atoms. The van der Waals surface area contributed by atoms with Crippen molar-refractivity contribution in [2.45, 2.75) is 6.54 Å². The number of benzene rings is 1. The monoisotopic (exact) mass is 348 g/mol. The minimum absolute atomic E-state index is 0.464. The van der Waals surface area contributed by atoms with Crippen LogP contribution in [-0.4, -0.2) is 51.1 Å². The van der Waals surface area contributed by atoms with E-state index >= 15 is 0 Å². The highest BCUT2D eigenvalue weighted by Crippen LogP contribution is 2.30. The summed E-state index contributed by atoms with van der Waals surface area (Å²) in [5, 5.41) is 1.19. The van der Waals surface area contributed by atoms with Crippen molar-refractivity contribution in [3.05, 3.63) is 42.2 Å². The summed E-state index contributed by atoms with van der Waals surface area (Å²) in [7, 11) is 0. The number of aromatic nitrogens is 4. The maximum Gasteiger partial charge on any atom is 0.180 e. The van der Waals surface area contributed by atoms with Crippen LogP contribution in [0.1, 0.15) is 5.56 Å². The highest BCUT2D eigenvalue weighted by Gasteiger charge is 2.13. The molecule has 7 heteroatoms. The third-order valence-electron chi connectivity index (χ3n) is 4.90. The molecule has 4 N–H and O–H groups in total. The van der Waals surface area contributed by atoms with Crippen LogP contribution in [0.3, 0.4) is 0 Å². The number of nitrogens with two attached hydrogens (primary N) is 1. The molecule has 132 valence electrons. The Balaban J connectivity index is 1.52. The number of fused-ring (bicyclic) bond motifs is 2. The second-order valence-corrected chi connectivity index (χ2v) is 6.69. The Hall–Kier alpha value is -2.90. The lowest BCUT2D eigenvalue weighted by atomic mass is 10.1. The third kappa shape index (κ3) is 2.71. The SMILES string of the molecule is Nc1cc(-c2cc3cc(CN4CCOCC4)ccc3[nH]2)c2[nH]cnc2n1. The molecule has 0 bridgehead atoms. The molecule has 5 rings (SSSR count). The molecule has 0 atom stereocenters. The van der Waals surface area contributed by atoms with Crippen LogP contribution in [0.4, 0.5) is 5.82 Å². The number of nitrogens with zero attached hydrogens (tertiary/aromatic N) is 3. The van der Waals surface area contributed by atoms with Gasteiger partial charge in [-0.15, -0.1) is 0 Å². The van der Waals surface area contributed by atoms with Crippen molar-refractivity contribution >= 4 is 27.9 Å². The van der Waals surface area contributed by atoms with E-state index in [1.54, 1.807) is 6.33 Å². The van der Waals surface area contributed by atoms with Gasteiger partial charge in [0.2, 0.25) is 0 Å². The lowest BCUT2D eigenvalue weighted by molar-refractivity contribution is 0.0342. The molecule has 26 heavy (non-hydrogen) atoms. The van der Waals surface area contributed by atoms with Crippen LogP contribution < -0.4 is 5.73 Å². The Morgan fingerprint density at radius 1 is 1.15 bits per heavy atom. The standard InChI is InChI=1S/C19H20N6O/c20-17-9-14(18-19(24-17)22-11-21-18)16-8-13-7-12(1-2-15(13)23-16)10-25-3-5-26-6-4-25/h1-2,7-9,11,23H,3-6,10H2,(H3,20,21,22,24). The summed E-state index contributed by atoms with van der Waals surface area (Å²) >= 11 is 0. The fraction of sp³-hybridized carbons (Fsp3) is 0.263. The van der Waals surface area contributed by atoms with E-state index in [0.29, 0.717) is 11.5 Å². The van der Waals surface area contributed by atoms with Crippen LogP contribution in [0.5, 0.6) is 0 Å². The van der Waals surface area contributed by atoms with Gasteiger partial charge >= 0.3 is 0 Å². The number of hydrogen-bond donors (Lipinski definition) is 3. The number of rotatable bonds is 3. The molecule has 0 unspecified atom stereocenters. The summed E-state index contributed by atoms with van der Waals surface area (Å²) in [4.78, 5) is 17.6. The molecule has 1 aliphatic heterocycles. The fourth-order valence-corrected chi connectivity index (χ4v) is 3.60. The average molecular weight is 348 g/mol. The Morgan fingerprint density at radius 3 is 2.92 bits per heavy atom. The molecular formula is C19H20N6O. The Labute approximate surface area is 150 Å². The van der Waals surface area contributed by atoms with Crippen LogP contribution in [0, 0.1) is 0 Å². The predicted molar refractivity (Wildman–Crippen MR) is 102 cm³/mol. The maximum atomic E-state index is 5.95. The van der Waals surface area contributed by atoms with Crippen molar-refractivity contribution in [2.75, 3.05) is 32.0 Å². The molecule has 1 aliphatic rings. The van der Waals surface area contributed by atoms with Gasteiger partial charge in [0.15, 0.2) is 5.65 Å². The summed E-state index contributed by atoms with van der Waals surface area (Å²) in [5.41, 5.74) is 11.9.